The van der Waals surface area contributed by atoms with Gasteiger partial charge >= 0.3 is 0 Å². The van der Waals surface area contributed by atoms with Gasteiger partial charge in [-0.15, -0.1) is 0 Å². The molecule has 0 aliphatic carbocycles. The number of halogens is 1. The fraction of sp³-hybridized carbons (Fsp3) is 0.300. The van der Waals surface area contributed by atoms with Gasteiger partial charge in [-0.1, -0.05) is 6.92 Å². The first kappa shape index (κ1) is 12.0. The van der Waals surface area contributed by atoms with E-state index in [1.54, 1.807) is 6.92 Å². The largest absolute Gasteiger partial charge is 0.261 e. The summed E-state index contributed by atoms with van der Waals surface area (Å²) in [5, 5.41) is 8.80. The van der Waals surface area contributed by atoms with Crippen LogP contribution in [-0.4, -0.2) is 8.42 Å². The number of nitriles is 1. The molecule has 0 fully saturated rings. The Morgan fingerprint density at radius 2 is 2.07 bits per heavy atom. The molecule has 0 spiro atoms. The van der Waals surface area contributed by atoms with E-state index >= 15 is 0 Å². The van der Waals surface area contributed by atoms with E-state index in [0.29, 0.717) is 23.1 Å². The van der Waals surface area contributed by atoms with E-state index in [0.717, 1.165) is 0 Å². The lowest BCUT2D eigenvalue weighted by Crippen LogP contribution is -2.01. The predicted octanol–water partition coefficient (Wildman–Crippen LogP) is 2.36. The highest BCUT2D eigenvalue weighted by Crippen LogP contribution is 2.25. The summed E-state index contributed by atoms with van der Waals surface area (Å²) in [6.07, 6.45) is 0.530. The van der Waals surface area contributed by atoms with Gasteiger partial charge in [0, 0.05) is 10.7 Å². The van der Waals surface area contributed by atoms with Crippen molar-refractivity contribution in [2.75, 3.05) is 0 Å². The monoisotopic (exact) mass is 243 g/mol. The van der Waals surface area contributed by atoms with Crippen LogP contribution in [0.4, 0.5) is 0 Å². The Bertz CT molecular complexity index is 529. The van der Waals surface area contributed by atoms with Crippen molar-refractivity contribution in [3.63, 3.8) is 0 Å². The van der Waals surface area contributed by atoms with Crippen molar-refractivity contribution in [1.29, 1.82) is 5.26 Å². The molecule has 0 aromatic heterocycles. The Labute approximate surface area is 93.7 Å². The van der Waals surface area contributed by atoms with Crippen molar-refractivity contribution >= 4 is 19.7 Å². The molecule has 3 nitrogen and oxygen atoms in total. The third-order valence-electron chi connectivity index (χ3n) is 2.29. The van der Waals surface area contributed by atoms with Crippen molar-refractivity contribution in [3.05, 3.63) is 28.8 Å². The summed E-state index contributed by atoms with van der Waals surface area (Å²) in [5.74, 6) is 0. The molecule has 0 heterocycles. The van der Waals surface area contributed by atoms with Gasteiger partial charge in [0.1, 0.15) is 0 Å². The van der Waals surface area contributed by atoms with Gasteiger partial charge in [-0.2, -0.15) is 5.26 Å². The van der Waals surface area contributed by atoms with Gasteiger partial charge in [-0.25, -0.2) is 8.42 Å². The molecule has 0 aliphatic rings. The van der Waals surface area contributed by atoms with E-state index < -0.39 is 9.05 Å². The van der Waals surface area contributed by atoms with Crippen molar-refractivity contribution in [1.82, 2.24) is 0 Å². The third-order valence-corrected chi connectivity index (χ3v) is 3.70. The van der Waals surface area contributed by atoms with Crippen molar-refractivity contribution in [2.24, 2.45) is 0 Å². The highest BCUT2D eigenvalue weighted by molar-refractivity contribution is 8.13. The fourth-order valence-electron chi connectivity index (χ4n) is 1.52. The van der Waals surface area contributed by atoms with Crippen LogP contribution < -0.4 is 0 Å². The van der Waals surface area contributed by atoms with Gasteiger partial charge in [0.25, 0.3) is 9.05 Å². The number of hydrogen-bond donors (Lipinski definition) is 0. The molecule has 0 saturated carbocycles. The molecule has 1 aromatic rings. The first-order valence-corrected chi connectivity index (χ1v) is 6.70. The second kappa shape index (κ2) is 4.21. The lowest BCUT2D eigenvalue weighted by atomic mass is 10.0. The number of benzene rings is 1. The summed E-state index contributed by atoms with van der Waals surface area (Å²) in [5.41, 5.74) is 1.78. The average Bonchev–Trinajstić information content (AvgIpc) is 2.15. The Kier molecular flexibility index (Phi) is 3.38. The molecule has 0 radical (unpaired) electrons. The van der Waals surface area contributed by atoms with Gasteiger partial charge in [-0.3, -0.25) is 0 Å². The molecule has 15 heavy (non-hydrogen) atoms. The number of hydrogen-bond acceptors (Lipinski definition) is 3. The molecule has 0 unspecified atom stereocenters. The predicted molar refractivity (Wildman–Crippen MR) is 58.3 cm³/mol. The molecule has 0 amide bonds. The molecular weight excluding hydrogens is 234 g/mol. The molecular formula is C10H10ClNO2S. The Morgan fingerprint density at radius 1 is 1.47 bits per heavy atom. The van der Waals surface area contributed by atoms with E-state index in [1.807, 2.05) is 13.0 Å². The van der Waals surface area contributed by atoms with Crippen LogP contribution in [0, 0.1) is 18.3 Å². The molecule has 5 heteroatoms. The average molecular weight is 244 g/mol. The first-order chi connectivity index (χ1) is 6.91. The van der Waals surface area contributed by atoms with Crippen LogP contribution in [-0.2, 0) is 15.5 Å². The topological polar surface area (TPSA) is 57.9 Å². The van der Waals surface area contributed by atoms with Crippen molar-refractivity contribution in [2.45, 2.75) is 25.2 Å². The molecule has 0 aliphatic heterocycles. The first-order valence-electron chi connectivity index (χ1n) is 4.39. The Morgan fingerprint density at radius 3 is 2.47 bits per heavy atom. The van der Waals surface area contributed by atoms with E-state index in [9.17, 15) is 8.42 Å². The summed E-state index contributed by atoms with van der Waals surface area (Å²) in [7, 11) is 1.57. The van der Waals surface area contributed by atoms with Crippen LogP contribution in [0.15, 0.2) is 17.0 Å². The third kappa shape index (κ3) is 2.31. The maximum atomic E-state index is 11.2. The molecule has 0 saturated heterocycles. The molecule has 0 N–H and O–H groups in total. The summed E-state index contributed by atoms with van der Waals surface area (Å²) >= 11 is 0. The molecule has 0 atom stereocenters. The molecule has 1 rings (SSSR count). The standard InChI is InChI=1S/C10H10ClNO2S/c1-3-9-7(2)8(6-12)4-5-10(9)15(11,13)14/h4-5H,3H2,1-2H3. The summed E-state index contributed by atoms with van der Waals surface area (Å²) in [4.78, 5) is 0.100. The van der Waals surface area contributed by atoms with Crippen molar-refractivity contribution < 1.29 is 8.42 Å². The fourth-order valence-corrected chi connectivity index (χ4v) is 2.78. The Hall–Kier alpha value is -1.05. The van der Waals surface area contributed by atoms with E-state index in [2.05, 4.69) is 0 Å². The van der Waals surface area contributed by atoms with Crippen LogP contribution in [0.25, 0.3) is 0 Å². The van der Waals surface area contributed by atoms with E-state index in [1.165, 1.54) is 12.1 Å². The normalized spacial score (nSPS) is 11.1. The molecule has 80 valence electrons. The molecule has 1 aromatic carbocycles. The smallest absolute Gasteiger partial charge is 0.207 e. The summed E-state index contributed by atoms with van der Waals surface area (Å²) in [6.45, 7) is 3.55. The zero-order valence-corrected chi connectivity index (χ0v) is 9.98. The van der Waals surface area contributed by atoms with Gasteiger partial charge in [0.05, 0.1) is 16.5 Å². The number of rotatable bonds is 2. The van der Waals surface area contributed by atoms with Crippen LogP contribution in [0.3, 0.4) is 0 Å². The summed E-state index contributed by atoms with van der Waals surface area (Å²) in [6, 6.07) is 4.87. The quantitative estimate of drug-likeness (QED) is 0.750. The highest BCUT2D eigenvalue weighted by Gasteiger charge is 2.17. The minimum atomic E-state index is -3.73. The lowest BCUT2D eigenvalue weighted by molar-refractivity contribution is 0.608. The van der Waals surface area contributed by atoms with Crippen LogP contribution >= 0.6 is 10.7 Å². The second-order valence-electron chi connectivity index (χ2n) is 3.12. The maximum absolute atomic E-state index is 11.2. The van der Waals surface area contributed by atoms with Crippen molar-refractivity contribution in [3.8, 4) is 6.07 Å². The van der Waals surface area contributed by atoms with E-state index in [4.69, 9.17) is 15.9 Å². The van der Waals surface area contributed by atoms with Gasteiger partial charge in [0.15, 0.2) is 0 Å². The molecule has 0 bridgehead atoms. The van der Waals surface area contributed by atoms with Gasteiger partial charge in [0.2, 0.25) is 0 Å². The zero-order chi connectivity index (χ0) is 11.6. The SMILES string of the molecule is CCc1c(S(=O)(=O)Cl)ccc(C#N)c1C. The maximum Gasteiger partial charge on any atom is 0.261 e. The van der Waals surface area contributed by atoms with Crippen LogP contribution in [0.5, 0.6) is 0 Å². The highest BCUT2D eigenvalue weighted by atomic mass is 35.7. The van der Waals surface area contributed by atoms with Gasteiger partial charge < -0.3 is 0 Å². The van der Waals surface area contributed by atoms with Crippen LogP contribution in [0.2, 0.25) is 0 Å². The second-order valence-corrected chi connectivity index (χ2v) is 5.65. The zero-order valence-electron chi connectivity index (χ0n) is 8.41. The minimum absolute atomic E-state index is 0.100. The van der Waals surface area contributed by atoms with Gasteiger partial charge in [-0.05, 0) is 36.6 Å². The summed E-state index contributed by atoms with van der Waals surface area (Å²) < 4.78 is 22.5. The van der Waals surface area contributed by atoms with Crippen LogP contribution in [0.1, 0.15) is 23.6 Å². The Balaban J connectivity index is 3.61. The minimum Gasteiger partial charge on any atom is -0.207 e. The lowest BCUT2D eigenvalue weighted by Gasteiger charge is -2.09. The van der Waals surface area contributed by atoms with E-state index in [-0.39, 0.29) is 4.90 Å². The number of nitrogens with zero attached hydrogens (tertiary/aromatic N) is 1.